The number of nitrogens with one attached hydrogen (secondary N) is 2. The molecule has 0 unspecified atom stereocenters. The molecule has 100 valence electrons. The van der Waals surface area contributed by atoms with Crippen LogP contribution in [0.1, 0.15) is 33.1 Å². The largest absolute Gasteiger partial charge is 0.355 e. The van der Waals surface area contributed by atoms with Gasteiger partial charge >= 0.3 is 0 Å². The fourth-order valence-corrected chi connectivity index (χ4v) is 2.49. The SMILES string of the molecule is CS[C@H](C)CNC(=O)C[C@@H](C)[C@H]1CCCNC1. The third-order valence-electron chi connectivity index (χ3n) is 3.64. The molecule has 0 aromatic rings. The molecule has 0 radical (unpaired) electrons. The molecular weight excluding hydrogens is 232 g/mol. The van der Waals surface area contributed by atoms with Crippen LogP contribution in [0.3, 0.4) is 0 Å². The summed E-state index contributed by atoms with van der Waals surface area (Å²) in [6.45, 7) is 7.35. The molecule has 1 aliphatic heterocycles. The number of rotatable bonds is 6. The van der Waals surface area contributed by atoms with Crippen LogP contribution in [-0.4, -0.2) is 37.0 Å². The molecule has 1 heterocycles. The van der Waals surface area contributed by atoms with Crippen LogP contribution in [0.15, 0.2) is 0 Å². The van der Waals surface area contributed by atoms with Crippen molar-refractivity contribution in [3.05, 3.63) is 0 Å². The summed E-state index contributed by atoms with van der Waals surface area (Å²) in [5.74, 6) is 1.38. The first-order valence-electron chi connectivity index (χ1n) is 6.63. The number of hydrogen-bond donors (Lipinski definition) is 2. The summed E-state index contributed by atoms with van der Waals surface area (Å²) in [6.07, 6.45) is 5.27. The van der Waals surface area contributed by atoms with Gasteiger partial charge in [0, 0.05) is 18.2 Å². The number of hydrogen-bond acceptors (Lipinski definition) is 3. The third-order valence-corrected chi connectivity index (χ3v) is 4.61. The monoisotopic (exact) mass is 258 g/mol. The normalized spacial score (nSPS) is 24.1. The highest BCUT2D eigenvalue weighted by Gasteiger charge is 2.21. The van der Waals surface area contributed by atoms with E-state index in [2.05, 4.69) is 30.7 Å². The minimum atomic E-state index is 0.212. The molecule has 1 amide bonds. The minimum absolute atomic E-state index is 0.212. The zero-order valence-electron chi connectivity index (χ0n) is 11.3. The Kier molecular flexibility index (Phi) is 6.97. The molecule has 1 saturated heterocycles. The number of amides is 1. The van der Waals surface area contributed by atoms with Crippen LogP contribution in [0.25, 0.3) is 0 Å². The molecule has 0 saturated carbocycles. The van der Waals surface area contributed by atoms with Gasteiger partial charge in [-0.1, -0.05) is 13.8 Å². The second kappa shape index (κ2) is 7.98. The topological polar surface area (TPSA) is 41.1 Å². The predicted octanol–water partition coefficient (Wildman–Crippen LogP) is 1.88. The third kappa shape index (κ3) is 5.77. The molecule has 0 bridgehead atoms. The van der Waals surface area contributed by atoms with Gasteiger partial charge in [-0.25, -0.2) is 0 Å². The smallest absolute Gasteiger partial charge is 0.220 e. The Balaban J connectivity index is 2.20. The highest BCUT2D eigenvalue weighted by atomic mass is 32.2. The Morgan fingerprint density at radius 3 is 2.88 bits per heavy atom. The van der Waals surface area contributed by atoms with E-state index in [0.717, 1.165) is 19.6 Å². The molecule has 0 spiro atoms. The molecule has 4 heteroatoms. The number of carbonyl (C=O) groups excluding carboxylic acids is 1. The highest BCUT2D eigenvalue weighted by Crippen LogP contribution is 2.22. The maximum absolute atomic E-state index is 11.8. The van der Waals surface area contributed by atoms with E-state index in [1.807, 2.05) is 0 Å². The van der Waals surface area contributed by atoms with E-state index in [1.54, 1.807) is 11.8 Å². The molecular formula is C13H26N2OS. The van der Waals surface area contributed by atoms with Gasteiger partial charge in [-0.3, -0.25) is 4.79 Å². The van der Waals surface area contributed by atoms with Crippen LogP contribution in [0.5, 0.6) is 0 Å². The molecule has 2 N–H and O–H groups in total. The van der Waals surface area contributed by atoms with Gasteiger partial charge < -0.3 is 10.6 Å². The number of piperidine rings is 1. The summed E-state index contributed by atoms with van der Waals surface area (Å²) >= 11 is 1.79. The Hall–Kier alpha value is -0.220. The second-order valence-corrected chi connectivity index (χ2v) is 6.41. The van der Waals surface area contributed by atoms with Gasteiger partial charge in [0.1, 0.15) is 0 Å². The standard InChI is InChI=1S/C13H26N2OS/c1-10(12-5-4-6-14-9-12)7-13(16)15-8-11(2)17-3/h10-12,14H,4-9H2,1-3H3,(H,15,16)/t10-,11-,12+/m1/s1. The molecule has 1 fully saturated rings. The van der Waals surface area contributed by atoms with E-state index in [1.165, 1.54) is 12.8 Å². The van der Waals surface area contributed by atoms with Crippen molar-refractivity contribution >= 4 is 17.7 Å². The van der Waals surface area contributed by atoms with E-state index in [-0.39, 0.29) is 5.91 Å². The molecule has 1 aliphatic rings. The average molecular weight is 258 g/mol. The molecule has 0 aromatic carbocycles. The molecule has 0 aliphatic carbocycles. The quantitative estimate of drug-likeness (QED) is 0.764. The maximum atomic E-state index is 11.8. The van der Waals surface area contributed by atoms with Crippen LogP contribution < -0.4 is 10.6 Å². The minimum Gasteiger partial charge on any atom is -0.355 e. The van der Waals surface area contributed by atoms with Gasteiger partial charge in [0.05, 0.1) is 0 Å². The van der Waals surface area contributed by atoms with Crippen molar-refractivity contribution in [2.45, 2.75) is 38.4 Å². The van der Waals surface area contributed by atoms with Crippen molar-refractivity contribution in [3.63, 3.8) is 0 Å². The van der Waals surface area contributed by atoms with E-state index >= 15 is 0 Å². The average Bonchev–Trinajstić information content (AvgIpc) is 2.36. The summed E-state index contributed by atoms with van der Waals surface area (Å²) < 4.78 is 0. The summed E-state index contributed by atoms with van der Waals surface area (Å²) in [4.78, 5) is 11.8. The lowest BCUT2D eigenvalue weighted by atomic mass is 9.85. The summed E-state index contributed by atoms with van der Waals surface area (Å²) in [6, 6.07) is 0. The molecule has 0 aromatic heterocycles. The van der Waals surface area contributed by atoms with Gasteiger partial charge in [-0.05, 0) is 44.0 Å². The fourth-order valence-electron chi connectivity index (χ4n) is 2.24. The summed E-state index contributed by atoms with van der Waals surface area (Å²) in [7, 11) is 0. The van der Waals surface area contributed by atoms with E-state index in [0.29, 0.717) is 23.5 Å². The van der Waals surface area contributed by atoms with Crippen molar-refractivity contribution in [2.24, 2.45) is 11.8 Å². The van der Waals surface area contributed by atoms with Crippen molar-refractivity contribution in [2.75, 3.05) is 25.9 Å². The molecule has 17 heavy (non-hydrogen) atoms. The predicted molar refractivity (Wildman–Crippen MR) is 75.4 cm³/mol. The van der Waals surface area contributed by atoms with Crippen molar-refractivity contribution in [3.8, 4) is 0 Å². The van der Waals surface area contributed by atoms with Crippen LogP contribution in [0.2, 0.25) is 0 Å². The van der Waals surface area contributed by atoms with Crippen LogP contribution in [0, 0.1) is 11.8 Å². The van der Waals surface area contributed by atoms with Crippen LogP contribution in [-0.2, 0) is 4.79 Å². The lowest BCUT2D eigenvalue weighted by molar-refractivity contribution is -0.122. The van der Waals surface area contributed by atoms with E-state index < -0.39 is 0 Å². The van der Waals surface area contributed by atoms with Gasteiger partial charge in [0.25, 0.3) is 0 Å². The highest BCUT2D eigenvalue weighted by molar-refractivity contribution is 7.99. The Morgan fingerprint density at radius 2 is 2.29 bits per heavy atom. The van der Waals surface area contributed by atoms with Gasteiger partial charge in [0.15, 0.2) is 0 Å². The van der Waals surface area contributed by atoms with Gasteiger partial charge in [-0.2, -0.15) is 11.8 Å². The second-order valence-electron chi connectivity index (χ2n) is 5.14. The molecule has 3 nitrogen and oxygen atoms in total. The Morgan fingerprint density at radius 1 is 1.53 bits per heavy atom. The van der Waals surface area contributed by atoms with Gasteiger partial charge in [-0.15, -0.1) is 0 Å². The number of carbonyl (C=O) groups is 1. The van der Waals surface area contributed by atoms with E-state index in [9.17, 15) is 4.79 Å². The van der Waals surface area contributed by atoms with Crippen molar-refractivity contribution in [1.82, 2.24) is 10.6 Å². The van der Waals surface area contributed by atoms with Crippen LogP contribution >= 0.6 is 11.8 Å². The first-order valence-corrected chi connectivity index (χ1v) is 7.92. The summed E-state index contributed by atoms with van der Waals surface area (Å²) in [5.41, 5.74) is 0. The first kappa shape index (κ1) is 14.8. The van der Waals surface area contributed by atoms with Crippen LogP contribution in [0.4, 0.5) is 0 Å². The summed E-state index contributed by atoms with van der Waals surface area (Å²) in [5, 5.41) is 6.94. The molecule has 1 rings (SSSR count). The lowest BCUT2D eigenvalue weighted by Gasteiger charge is -2.28. The zero-order valence-corrected chi connectivity index (χ0v) is 12.1. The van der Waals surface area contributed by atoms with Crippen molar-refractivity contribution < 1.29 is 4.79 Å². The molecule has 3 atom stereocenters. The Bertz CT molecular complexity index is 229. The number of thioether (sulfide) groups is 1. The lowest BCUT2D eigenvalue weighted by Crippen LogP contribution is -2.36. The zero-order chi connectivity index (χ0) is 12.7. The van der Waals surface area contributed by atoms with Gasteiger partial charge in [0.2, 0.25) is 5.91 Å². The van der Waals surface area contributed by atoms with E-state index in [4.69, 9.17) is 0 Å². The first-order chi connectivity index (χ1) is 8.13. The maximum Gasteiger partial charge on any atom is 0.220 e. The Labute approximate surface area is 109 Å². The fraction of sp³-hybridized carbons (Fsp3) is 0.923. The van der Waals surface area contributed by atoms with Crippen molar-refractivity contribution in [1.29, 1.82) is 0 Å².